The van der Waals surface area contributed by atoms with E-state index in [1.807, 2.05) is 12.4 Å². The summed E-state index contributed by atoms with van der Waals surface area (Å²) in [5, 5.41) is 15.3. The van der Waals surface area contributed by atoms with Crippen LogP contribution in [0.15, 0.2) is 17.6 Å². The number of nitrogens with zero attached hydrogens (tertiary/aromatic N) is 2. The van der Waals surface area contributed by atoms with Gasteiger partial charge in [0.05, 0.1) is 0 Å². The van der Waals surface area contributed by atoms with Crippen molar-refractivity contribution >= 4 is 23.8 Å². The topological polar surface area (TPSA) is 104 Å². The molecule has 1 aromatic heterocycles. The smallest absolute Gasteiger partial charge is 0.314 e. The summed E-state index contributed by atoms with van der Waals surface area (Å²) in [6.45, 7) is 0.845. The van der Waals surface area contributed by atoms with Crippen molar-refractivity contribution in [3.05, 3.63) is 18.0 Å². The number of aromatic nitrogens is 2. The van der Waals surface area contributed by atoms with Gasteiger partial charge in [0.2, 0.25) is 0 Å². The van der Waals surface area contributed by atoms with Gasteiger partial charge < -0.3 is 15.7 Å². The van der Waals surface area contributed by atoms with E-state index in [1.165, 1.54) is 25.7 Å². The van der Waals surface area contributed by atoms with E-state index in [4.69, 9.17) is 5.11 Å². The Morgan fingerprint density at radius 3 is 2.50 bits per heavy atom. The van der Waals surface area contributed by atoms with Crippen LogP contribution in [0.25, 0.3) is 0 Å². The number of carboxylic acids is 1. The molecule has 3 N–H and O–H groups in total. The second kappa shape index (κ2) is 10.1. The van der Waals surface area contributed by atoms with Gasteiger partial charge in [-0.25, -0.2) is 14.8 Å². The number of rotatable bonds is 9. The highest BCUT2D eigenvalue weighted by atomic mass is 32.2. The fourth-order valence-corrected chi connectivity index (χ4v) is 3.61. The van der Waals surface area contributed by atoms with E-state index >= 15 is 0 Å². The molecule has 8 heteroatoms. The minimum Gasteiger partial charge on any atom is -0.481 e. The SMILES string of the molecule is O=C(O)CCCNC(=O)NCCc1cnc(SC2CCCC2)nc1. The molecule has 0 atom stereocenters. The zero-order valence-electron chi connectivity index (χ0n) is 13.7. The van der Waals surface area contributed by atoms with Gasteiger partial charge in [-0.2, -0.15) is 0 Å². The van der Waals surface area contributed by atoms with E-state index in [-0.39, 0.29) is 12.5 Å². The van der Waals surface area contributed by atoms with Crippen molar-refractivity contribution < 1.29 is 14.7 Å². The molecule has 0 aromatic carbocycles. The Hall–Kier alpha value is -1.83. The molecular weight excluding hydrogens is 328 g/mol. The van der Waals surface area contributed by atoms with Gasteiger partial charge in [0.15, 0.2) is 5.16 Å². The van der Waals surface area contributed by atoms with Crippen molar-refractivity contribution in [3.63, 3.8) is 0 Å². The van der Waals surface area contributed by atoms with Gasteiger partial charge in [0.1, 0.15) is 0 Å². The molecule has 1 heterocycles. The van der Waals surface area contributed by atoms with Crippen molar-refractivity contribution in [2.24, 2.45) is 0 Å². The first-order chi connectivity index (χ1) is 11.6. The highest BCUT2D eigenvalue weighted by molar-refractivity contribution is 7.99. The van der Waals surface area contributed by atoms with Crippen molar-refractivity contribution in [3.8, 4) is 0 Å². The number of amides is 2. The maximum absolute atomic E-state index is 11.5. The summed E-state index contributed by atoms with van der Waals surface area (Å²) in [6.07, 6.45) is 9.89. The van der Waals surface area contributed by atoms with Gasteiger partial charge in [-0.05, 0) is 31.2 Å². The summed E-state index contributed by atoms with van der Waals surface area (Å²) < 4.78 is 0. The summed E-state index contributed by atoms with van der Waals surface area (Å²) in [6, 6.07) is -0.283. The van der Waals surface area contributed by atoms with Crippen LogP contribution in [0.5, 0.6) is 0 Å². The molecule has 0 aliphatic heterocycles. The van der Waals surface area contributed by atoms with Crippen molar-refractivity contribution in [2.75, 3.05) is 13.1 Å². The van der Waals surface area contributed by atoms with E-state index in [0.717, 1.165) is 10.7 Å². The Balaban J connectivity index is 1.59. The minimum atomic E-state index is -0.855. The van der Waals surface area contributed by atoms with Gasteiger partial charge >= 0.3 is 12.0 Å². The molecule has 1 fully saturated rings. The predicted octanol–water partition coefficient (Wildman–Crippen LogP) is 2.22. The highest BCUT2D eigenvalue weighted by Crippen LogP contribution is 2.32. The Kier molecular flexibility index (Phi) is 7.81. The second-order valence-corrected chi connectivity index (χ2v) is 7.10. The molecule has 1 aliphatic carbocycles. The maximum Gasteiger partial charge on any atom is 0.314 e. The number of hydrogen-bond donors (Lipinski definition) is 3. The van der Waals surface area contributed by atoms with Crippen LogP contribution in [0.1, 0.15) is 44.1 Å². The summed E-state index contributed by atoms with van der Waals surface area (Å²) in [5.74, 6) is -0.855. The van der Waals surface area contributed by atoms with Crippen LogP contribution in [-0.4, -0.2) is 45.4 Å². The quantitative estimate of drug-likeness (QED) is 0.465. The molecule has 2 rings (SSSR count). The van der Waals surface area contributed by atoms with E-state index in [0.29, 0.717) is 31.2 Å². The van der Waals surface area contributed by atoms with Crippen LogP contribution in [-0.2, 0) is 11.2 Å². The summed E-state index contributed by atoms with van der Waals surface area (Å²) in [7, 11) is 0. The number of carbonyl (C=O) groups is 2. The van der Waals surface area contributed by atoms with Crippen molar-refractivity contribution in [1.29, 1.82) is 0 Å². The van der Waals surface area contributed by atoms with Gasteiger partial charge in [-0.3, -0.25) is 4.79 Å². The molecule has 1 aromatic rings. The van der Waals surface area contributed by atoms with Gasteiger partial charge in [0.25, 0.3) is 0 Å². The number of carbonyl (C=O) groups excluding carboxylic acids is 1. The number of aliphatic carboxylic acids is 1. The van der Waals surface area contributed by atoms with Crippen LogP contribution in [0.2, 0.25) is 0 Å². The third-order valence-corrected chi connectivity index (χ3v) is 5.03. The zero-order chi connectivity index (χ0) is 17.2. The molecule has 2 amide bonds. The Morgan fingerprint density at radius 1 is 1.17 bits per heavy atom. The lowest BCUT2D eigenvalue weighted by Gasteiger charge is -2.08. The van der Waals surface area contributed by atoms with E-state index in [9.17, 15) is 9.59 Å². The molecular formula is C16H24N4O3S. The predicted molar refractivity (Wildman–Crippen MR) is 92.1 cm³/mol. The zero-order valence-corrected chi connectivity index (χ0v) is 14.5. The molecule has 1 saturated carbocycles. The summed E-state index contributed by atoms with van der Waals surface area (Å²) >= 11 is 1.76. The van der Waals surface area contributed by atoms with Gasteiger partial charge in [0, 0.05) is 37.2 Å². The molecule has 1 aliphatic rings. The second-order valence-electron chi connectivity index (χ2n) is 5.83. The lowest BCUT2D eigenvalue weighted by atomic mass is 10.2. The summed E-state index contributed by atoms with van der Waals surface area (Å²) in [5.41, 5.74) is 0.983. The van der Waals surface area contributed by atoms with E-state index in [2.05, 4.69) is 20.6 Å². The summed E-state index contributed by atoms with van der Waals surface area (Å²) in [4.78, 5) is 30.6. The Bertz CT molecular complexity index is 533. The molecule has 0 radical (unpaired) electrons. The number of carboxylic acid groups (broad SMARTS) is 1. The Labute approximate surface area is 146 Å². The number of nitrogens with one attached hydrogen (secondary N) is 2. The molecule has 0 unspecified atom stereocenters. The normalized spacial score (nSPS) is 14.5. The van der Waals surface area contributed by atoms with Crippen LogP contribution in [0.4, 0.5) is 4.79 Å². The fourth-order valence-electron chi connectivity index (χ4n) is 2.51. The van der Waals surface area contributed by atoms with Crippen LogP contribution < -0.4 is 10.6 Å². The van der Waals surface area contributed by atoms with Crippen LogP contribution in [0, 0.1) is 0 Å². The first-order valence-electron chi connectivity index (χ1n) is 8.34. The first kappa shape index (κ1) is 18.5. The third kappa shape index (κ3) is 7.16. The number of hydrogen-bond acceptors (Lipinski definition) is 5. The lowest BCUT2D eigenvalue weighted by Crippen LogP contribution is -2.37. The largest absolute Gasteiger partial charge is 0.481 e. The minimum absolute atomic E-state index is 0.0584. The van der Waals surface area contributed by atoms with E-state index in [1.54, 1.807) is 11.8 Å². The molecule has 132 valence electrons. The van der Waals surface area contributed by atoms with E-state index < -0.39 is 5.97 Å². The van der Waals surface area contributed by atoms with Gasteiger partial charge in [-0.15, -0.1) is 0 Å². The number of urea groups is 1. The maximum atomic E-state index is 11.5. The average molecular weight is 352 g/mol. The standard InChI is InChI=1S/C16H24N4O3S/c21-14(22)6-3-8-17-15(23)18-9-7-12-10-19-16(20-11-12)24-13-4-1-2-5-13/h10-11,13H,1-9H2,(H,21,22)(H2,17,18,23). The van der Waals surface area contributed by atoms with Crippen LogP contribution >= 0.6 is 11.8 Å². The number of thioether (sulfide) groups is 1. The van der Waals surface area contributed by atoms with Crippen molar-refractivity contribution in [1.82, 2.24) is 20.6 Å². The Morgan fingerprint density at radius 2 is 1.83 bits per heavy atom. The molecule has 0 saturated heterocycles. The molecule has 0 spiro atoms. The van der Waals surface area contributed by atoms with Crippen LogP contribution in [0.3, 0.4) is 0 Å². The van der Waals surface area contributed by atoms with Crippen molar-refractivity contribution in [2.45, 2.75) is 55.4 Å². The molecule has 0 bridgehead atoms. The fraction of sp³-hybridized carbons (Fsp3) is 0.625. The first-order valence-corrected chi connectivity index (χ1v) is 9.22. The van der Waals surface area contributed by atoms with Gasteiger partial charge in [-0.1, -0.05) is 24.6 Å². The molecule has 24 heavy (non-hydrogen) atoms. The lowest BCUT2D eigenvalue weighted by molar-refractivity contribution is -0.137. The third-order valence-electron chi connectivity index (χ3n) is 3.81. The monoisotopic (exact) mass is 352 g/mol. The molecule has 7 nitrogen and oxygen atoms in total. The highest BCUT2D eigenvalue weighted by Gasteiger charge is 2.17. The average Bonchev–Trinajstić information content (AvgIpc) is 3.06.